The van der Waals surface area contributed by atoms with Crippen molar-refractivity contribution in [2.45, 2.75) is 30.6 Å². The van der Waals surface area contributed by atoms with E-state index in [4.69, 9.17) is 17.3 Å². The zero-order valence-corrected chi connectivity index (χ0v) is 18.7. The minimum Gasteiger partial charge on any atom is -0.508 e. The van der Waals surface area contributed by atoms with Crippen molar-refractivity contribution in [3.8, 4) is 5.75 Å². The number of phenolic OH excluding ortho intramolecular Hbond substituents is 1. The Morgan fingerprint density at radius 3 is 2.33 bits per heavy atom. The first kappa shape index (κ1) is 23.2. The van der Waals surface area contributed by atoms with Gasteiger partial charge in [0, 0.05) is 28.0 Å². The molecule has 0 saturated heterocycles. The first-order chi connectivity index (χ1) is 15.2. The van der Waals surface area contributed by atoms with Crippen molar-refractivity contribution in [3.63, 3.8) is 0 Å². The molecule has 0 aromatic heterocycles. The number of fused-ring (bicyclic) bond motifs is 3. The number of Topliss-reactive ketones (excluding diaryl/α,β-unsaturated/α-hetero) is 2. The Balaban J connectivity index is 2.07. The predicted octanol–water partition coefficient (Wildman–Crippen LogP) is 0.282. The molecule has 0 bridgehead atoms. The maximum absolute atomic E-state index is 13.7. The van der Waals surface area contributed by atoms with Crippen molar-refractivity contribution in [2.24, 2.45) is 17.6 Å². The van der Waals surface area contributed by atoms with Gasteiger partial charge in [0.25, 0.3) is 5.91 Å². The molecule has 5 atom stereocenters. The van der Waals surface area contributed by atoms with E-state index < -0.39 is 75.0 Å². The number of amides is 1. The maximum atomic E-state index is 13.7. The van der Waals surface area contributed by atoms with Gasteiger partial charge in [0.15, 0.2) is 11.4 Å². The normalized spacial score (nSPS) is 33.7. The number of likely N-dealkylation sites (N-methyl/N-ethyl adjacent to an activating group) is 1. The molecule has 0 heterocycles. The van der Waals surface area contributed by atoms with E-state index in [1.807, 2.05) is 0 Å². The van der Waals surface area contributed by atoms with Gasteiger partial charge in [-0.15, -0.1) is 0 Å². The number of carbonyl (C=O) groups excluding carboxylic acids is 3. The molecule has 3 aliphatic carbocycles. The summed E-state index contributed by atoms with van der Waals surface area (Å²) in [6, 6.07) is 1.24. The van der Waals surface area contributed by atoms with Gasteiger partial charge in [-0.2, -0.15) is 0 Å². The smallest absolute Gasteiger partial charge is 0.255 e. The van der Waals surface area contributed by atoms with E-state index >= 15 is 0 Å². The molecule has 1 aromatic carbocycles. The Labute approximate surface area is 193 Å². The Morgan fingerprint density at radius 2 is 1.79 bits per heavy atom. The quantitative estimate of drug-likeness (QED) is 0.325. The van der Waals surface area contributed by atoms with Crippen molar-refractivity contribution in [2.75, 3.05) is 14.1 Å². The number of primary amides is 1. The van der Waals surface area contributed by atoms with Gasteiger partial charge < -0.3 is 31.3 Å². The SMILES string of the molecule is CN(C)C1C(=O)C(C(N)=O)=C(O)[C@@]2(O)C(=O)C3=C(O)c4c(O)ccc(Cl)c4[C@@](C)(O)[C@H]3C[C@@H]12. The topological polar surface area (TPSA) is 182 Å². The number of hydrogen-bond acceptors (Lipinski definition) is 9. The molecule has 1 fully saturated rings. The molecule has 1 amide bonds. The summed E-state index contributed by atoms with van der Waals surface area (Å²) in [4.78, 5) is 40.1. The molecule has 3 aliphatic rings. The van der Waals surface area contributed by atoms with Crippen molar-refractivity contribution in [1.29, 1.82) is 0 Å². The van der Waals surface area contributed by atoms with Crippen molar-refractivity contribution < 1.29 is 39.9 Å². The summed E-state index contributed by atoms with van der Waals surface area (Å²) in [6.45, 7) is 1.34. The summed E-state index contributed by atoms with van der Waals surface area (Å²) < 4.78 is 0. The van der Waals surface area contributed by atoms with Gasteiger partial charge in [-0.3, -0.25) is 19.3 Å². The highest BCUT2D eigenvalue weighted by atomic mass is 35.5. The van der Waals surface area contributed by atoms with Crippen LogP contribution in [0, 0.1) is 11.8 Å². The Bertz CT molecular complexity index is 1200. The van der Waals surface area contributed by atoms with Gasteiger partial charge in [-0.25, -0.2) is 0 Å². The van der Waals surface area contributed by atoms with Crippen LogP contribution in [0.3, 0.4) is 0 Å². The highest BCUT2D eigenvalue weighted by molar-refractivity contribution is 6.32. The number of carbonyl (C=O) groups is 3. The Hall–Kier alpha value is -2.92. The zero-order valence-electron chi connectivity index (χ0n) is 18.0. The van der Waals surface area contributed by atoms with Crippen LogP contribution < -0.4 is 5.73 Å². The fourth-order valence-corrected chi connectivity index (χ4v) is 5.93. The molecule has 0 radical (unpaired) electrons. The molecule has 4 rings (SSSR count). The fourth-order valence-electron chi connectivity index (χ4n) is 5.58. The summed E-state index contributed by atoms with van der Waals surface area (Å²) >= 11 is 6.28. The molecule has 7 N–H and O–H groups in total. The first-order valence-electron chi connectivity index (χ1n) is 10.1. The second kappa shape index (κ2) is 7.04. The molecule has 10 nitrogen and oxygen atoms in total. The number of ketones is 2. The van der Waals surface area contributed by atoms with E-state index in [9.17, 15) is 39.9 Å². The summed E-state index contributed by atoms with van der Waals surface area (Å²) in [5.74, 6) is -8.30. The van der Waals surface area contributed by atoms with E-state index in [2.05, 4.69) is 0 Å². The maximum Gasteiger partial charge on any atom is 0.255 e. The number of benzene rings is 1. The summed E-state index contributed by atoms with van der Waals surface area (Å²) in [6.07, 6.45) is -0.259. The lowest BCUT2D eigenvalue weighted by atomic mass is 9.54. The van der Waals surface area contributed by atoms with Crippen LogP contribution in [0.15, 0.2) is 29.0 Å². The lowest BCUT2D eigenvalue weighted by Gasteiger charge is -2.53. The predicted molar refractivity (Wildman–Crippen MR) is 115 cm³/mol. The molecule has 0 aliphatic heterocycles. The minimum atomic E-state index is -2.78. The largest absolute Gasteiger partial charge is 0.508 e. The van der Waals surface area contributed by atoms with Crippen LogP contribution in [0.2, 0.25) is 5.02 Å². The highest BCUT2D eigenvalue weighted by Gasteiger charge is 2.66. The van der Waals surface area contributed by atoms with E-state index in [0.717, 1.165) is 0 Å². The van der Waals surface area contributed by atoms with Gasteiger partial charge in [-0.1, -0.05) is 11.6 Å². The average Bonchev–Trinajstić information content (AvgIpc) is 2.69. The number of rotatable bonds is 2. The lowest BCUT2D eigenvalue weighted by Crippen LogP contribution is -2.67. The van der Waals surface area contributed by atoms with Gasteiger partial charge >= 0.3 is 0 Å². The lowest BCUT2D eigenvalue weighted by molar-refractivity contribution is -0.159. The minimum absolute atomic E-state index is 0.0187. The highest BCUT2D eigenvalue weighted by Crippen LogP contribution is 2.58. The molecule has 0 spiro atoms. The first-order valence-corrected chi connectivity index (χ1v) is 10.5. The summed E-state index contributed by atoms with van der Waals surface area (Å²) in [5, 5.41) is 55.2. The Morgan fingerprint density at radius 1 is 1.18 bits per heavy atom. The van der Waals surface area contributed by atoms with Crippen LogP contribution in [0.4, 0.5) is 0 Å². The van der Waals surface area contributed by atoms with E-state index in [0.29, 0.717) is 0 Å². The molecule has 1 aromatic rings. The van der Waals surface area contributed by atoms with Crippen molar-refractivity contribution >= 4 is 34.8 Å². The number of phenols is 1. The third kappa shape index (κ3) is 2.75. The number of aromatic hydroxyl groups is 1. The standard InChI is InChI=1S/C22H23ClN2O8/c1-21(32)7-6-8-15(25(2)3)17(28)13(20(24)31)19(30)22(8,33)18(29)11(7)16(27)12-10(26)5-4-9(23)14(12)21/h4-5,7-8,15,26-27,30,32-33H,6H2,1-3H3,(H2,24,31)/t7-,8-,15?,21-,22-/m0/s1. The number of nitrogens with two attached hydrogens (primary N) is 1. The van der Waals surface area contributed by atoms with Crippen LogP contribution in [0.1, 0.15) is 24.5 Å². The molecular weight excluding hydrogens is 456 g/mol. The van der Waals surface area contributed by atoms with Gasteiger partial charge in [0.05, 0.1) is 17.2 Å². The van der Waals surface area contributed by atoms with Crippen LogP contribution in [-0.4, -0.2) is 73.6 Å². The van der Waals surface area contributed by atoms with Crippen LogP contribution in [0.5, 0.6) is 5.75 Å². The number of nitrogens with zero attached hydrogens (tertiary/aromatic N) is 1. The third-order valence-electron chi connectivity index (χ3n) is 7.07. The van der Waals surface area contributed by atoms with Crippen molar-refractivity contribution in [3.05, 3.63) is 45.2 Å². The molecular formula is C22H23ClN2O8. The van der Waals surface area contributed by atoms with Crippen LogP contribution in [-0.2, 0) is 20.0 Å². The number of aliphatic hydroxyl groups excluding tert-OH is 2. The van der Waals surface area contributed by atoms with Crippen LogP contribution in [0.25, 0.3) is 5.76 Å². The monoisotopic (exact) mass is 478 g/mol. The van der Waals surface area contributed by atoms with E-state index in [1.165, 1.54) is 38.1 Å². The Kier molecular flexibility index (Phi) is 4.96. The summed E-state index contributed by atoms with van der Waals surface area (Å²) in [5.41, 5.74) is -1.10. The third-order valence-corrected chi connectivity index (χ3v) is 7.39. The number of hydrogen-bond donors (Lipinski definition) is 6. The zero-order chi connectivity index (χ0) is 24.8. The molecule has 1 unspecified atom stereocenters. The van der Waals surface area contributed by atoms with Gasteiger partial charge in [-0.05, 0) is 39.6 Å². The van der Waals surface area contributed by atoms with Gasteiger partial charge in [0.1, 0.15) is 22.8 Å². The van der Waals surface area contributed by atoms with Gasteiger partial charge in [0.2, 0.25) is 5.78 Å². The van der Waals surface area contributed by atoms with Crippen LogP contribution >= 0.6 is 11.6 Å². The molecule has 33 heavy (non-hydrogen) atoms. The second-order valence-electron chi connectivity index (χ2n) is 9.08. The average molecular weight is 479 g/mol. The van der Waals surface area contributed by atoms with E-state index in [1.54, 1.807) is 0 Å². The number of halogens is 1. The molecule has 176 valence electrons. The summed E-state index contributed by atoms with van der Waals surface area (Å²) in [7, 11) is 2.97. The fraction of sp³-hybridized carbons (Fsp3) is 0.409. The molecule has 1 saturated carbocycles. The van der Waals surface area contributed by atoms with E-state index in [-0.39, 0.29) is 22.6 Å². The molecule has 11 heteroatoms. The van der Waals surface area contributed by atoms with Crippen molar-refractivity contribution in [1.82, 2.24) is 4.90 Å². The number of aliphatic hydroxyl groups is 4. The second-order valence-corrected chi connectivity index (χ2v) is 9.48.